The molecule has 0 saturated heterocycles. The van der Waals surface area contributed by atoms with Gasteiger partial charge in [0.15, 0.2) is 0 Å². The van der Waals surface area contributed by atoms with Gasteiger partial charge in [-0.25, -0.2) is 14.6 Å². The monoisotopic (exact) mass is 348 g/mol. The van der Waals surface area contributed by atoms with Crippen molar-refractivity contribution in [2.75, 3.05) is 0 Å². The van der Waals surface area contributed by atoms with Crippen molar-refractivity contribution in [3.63, 3.8) is 0 Å². The van der Waals surface area contributed by atoms with E-state index in [1.807, 2.05) is 18.2 Å². The Labute approximate surface area is 144 Å². The lowest BCUT2D eigenvalue weighted by Crippen LogP contribution is -2.42. The van der Waals surface area contributed by atoms with Gasteiger partial charge in [0.2, 0.25) is 0 Å². The normalized spacial score (nSPS) is 11.6. The molecule has 1 amide bonds. The number of nitrogens with one attached hydrogen (secondary N) is 1. The van der Waals surface area contributed by atoms with E-state index in [1.165, 1.54) is 0 Å². The Morgan fingerprint density at radius 1 is 1.25 bits per heavy atom. The van der Waals surface area contributed by atoms with E-state index in [1.54, 1.807) is 31.2 Å². The lowest BCUT2D eigenvalue weighted by Gasteiger charge is -2.15. The molecule has 0 fully saturated rings. The van der Waals surface area contributed by atoms with Crippen LogP contribution in [0.1, 0.15) is 16.8 Å². The predicted octanol–water partition coefficient (Wildman–Crippen LogP) is 2.97. The molecule has 2 N–H and O–H groups in total. The number of ether oxygens (including phenoxy) is 1. The molecule has 1 unspecified atom stereocenters. The molecule has 0 spiro atoms. The molecule has 2 aromatic rings. The summed E-state index contributed by atoms with van der Waals surface area (Å²) in [5, 5.41) is 11.8. The van der Waals surface area contributed by atoms with Gasteiger partial charge < -0.3 is 15.2 Å². The number of halogens is 1. The summed E-state index contributed by atoms with van der Waals surface area (Å²) in [5.74, 6) is -1.18. The Kier molecular flexibility index (Phi) is 6.14. The first-order valence-corrected chi connectivity index (χ1v) is 7.65. The van der Waals surface area contributed by atoms with Crippen molar-refractivity contribution in [3.8, 4) is 0 Å². The molecule has 24 heavy (non-hydrogen) atoms. The van der Waals surface area contributed by atoms with Crippen LogP contribution >= 0.6 is 11.6 Å². The SMILES string of the molecule is Cc1ccc(CC(NC(=O)OCc2ccccc2)C(=O)O)c(Cl)n1. The van der Waals surface area contributed by atoms with Crippen LogP contribution in [-0.2, 0) is 22.6 Å². The number of benzene rings is 1. The van der Waals surface area contributed by atoms with E-state index < -0.39 is 18.1 Å². The highest BCUT2D eigenvalue weighted by atomic mass is 35.5. The zero-order valence-electron chi connectivity index (χ0n) is 13.0. The van der Waals surface area contributed by atoms with E-state index in [4.69, 9.17) is 16.3 Å². The maximum absolute atomic E-state index is 11.8. The molecule has 1 aromatic carbocycles. The van der Waals surface area contributed by atoms with E-state index in [0.29, 0.717) is 5.56 Å². The molecular weight excluding hydrogens is 332 g/mol. The first-order chi connectivity index (χ1) is 11.5. The quantitative estimate of drug-likeness (QED) is 0.783. The minimum atomic E-state index is -1.18. The summed E-state index contributed by atoms with van der Waals surface area (Å²) in [5.41, 5.74) is 2.08. The summed E-state index contributed by atoms with van der Waals surface area (Å²) in [6.07, 6.45) is -0.788. The van der Waals surface area contributed by atoms with Crippen LogP contribution in [0.5, 0.6) is 0 Å². The van der Waals surface area contributed by atoms with Gasteiger partial charge in [0, 0.05) is 12.1 Å². The average molecular weight is 349 g/mol. The summed E-state index contributed by atoms with van der Waals surface area (Å²) in [6.45, 7) is 1.84. The number of hydrogen-bond donors (Lipinski definition) is 2. The zero-order valence-corrected chi connectivity index (χ0v) is 13.8. The second-order valence-electron chi connectivity index (χ2n) is 5.20. The van der Waals surface area contributed by atoms with Crippen molar-refractivity contribution in [1.29, 1.82) is 0 Å². The third-order valence-electron chi connectivity index (χ3n) is 3.29. The van der Waals surface area contributed by atoms with Gasteiger partial charge in [0.25, 0.3) is 0 Å². The number of aryl methyl sites for hydroxylation is 1. The van der Waals surface area contributed by atoms with Gasteiger partial charge in [0.05, 0.1) is 0 Å². The summed E-state index contributed by atoms with van der Waals surface area (Å²) in [6, 6.07) is 11.4. The van der Waals surface area contributed by atoms with Crippen LogP contribution in [0.25, 0.3) is 0 Å². The summed E-state index contributed by atoms with van der Waals surface area (Å²) < 4.78 is 5.03. The number of carbonyl (C=O) groups is 2. The Hall–Kier alpha value is -2.60. The number of hydrogen-bond acceptors (Lipinski definition) is 4. The van der Waals surface area contributed by atoms with Gasteiger partial charge in [-0.15, -0.1) is 0 Å². The first kappa shape index (κ1) is 17.7. The van der Waals surface area contributed by atoms with Crippen molar-refractivity contribution >= 4 is 23.7 Å². The first-order valence-electron chi connectivity index (χ1n) is 7.27. The number of aromatic nitrogens is 1. The van der Waals surface area contributed by atoms with Crippen LogP contribution in [0, 0.1) is 6.92 Å². The van der Waals surface area contributed by atoms with Crippen LogP contribution < -0.4 is 5.32 Å². The van der Waals surface area contributed by atoms with E-state index in [9.17, 15) is 14.7 Å². The summed E-state index contributed by atoms with van der Waals surface area (Å²) in [4.78, 5) is 27.2. The third kappa shape index (κ3) is 5.24. The van der Waals surface area contributed by atoms with Crippen LogP contribution in [-0.4, -0.2) is 28.2 Å². The lowest BCUT2D eigenvalue weighted by molar-refractivity contribution is -0.139. The highest BCUT2D eigenvalue weighted by molar-refractivity contribution is 6.30. The molecular formula is C17H17ClN2O4. The van der Waals surface area contributed by atoms with Crippen LogP contribution in [0.4, 0.5) is 4.79 Å². The standard InChI is InChI=1S/C17H17ClN2O4/c1-11-7-8-13(15(18)19-11)9-14(16(21)22)20-17(23)24-10-12-5-3-2-4-6-12/h2-8,14H,9-10H2,1H3,(H,20,23)(H,21,22). The highest BCUT2D eigenvalue weighted by Crippen LogP contribution is 2.16. The molecule has 6 nitrogen and oxygen atoms in total. The largest absolute Gasteiger partial charge is 0.480 e. The van der Waals surface area contributed by atoms with Crippen LogP contribution in [0.2, 0.25) is 5.15 Å². The van der Waals surface area contributed by atoms with Gasteiger partial charge in [-0.1, -0.05) is 48.0 Å². The number of amides is 1. The molecule has 0 bridgehead atoms. The van der Waals surface area contributed by atoms with E-state index in [-0.39, 0.29) is 18.2 Å². The number of aliphatic carboxylic acids is 1. The van der Waals surface area contributed by atoms with Crippen molar-refractivity contribution in [1.82, 2.24) is 10.3 Å². The number of rotatable bonds is 6. The second kappa shape index (κ2) is 8.31. The Bertz CT molecular complexity index is 722. The number of carboxylic acids is 1. The fraction of sp³-hybridized carbons (Fsp3) is 0.235. The summed E-state index contributed by atoms with van der Waals surface area (Å²) >= 11 is 6.01. The number of alkyl carbamates (subject to hydrolysis) is 1. The fourth-order valence-corrected chi connectivity index (χ4v) is 2.31. The molecule has 1 aromatic heterocycles. The molecule has 2 rings (SSSR count). The fourth-order valence-electron chi connectivity index (χ4n) is 2.03. The topological polar surface area (TPSA) is 88.5 Å². The predicted molar refractivity (Wildman–Crippen MR) is 88.9 cm³/mol. The number of carbonyl (C=O) groups excluding carboxylic acids is 1. The molecule has 0 aliphatic rings. The molecule has 126 valence electrons. The Morgan fingerprint density at radius 2 is 1.96 bits per heavy atom. The van der Waals surface area contributed by atoms with Crippen molar-refractivity contribution in [2.45, 2.75) is 26.0 Å². The van der Waals surface area contributed by atoms with E-state index in [2.05, 4.69) is 10.3 Å². The smallest absolute Gasteiger partial charge is 0.408 e. The Balaban J connectivity index is 1.95. The van der Waals surface area contributed by atoms with Crippen molar-refractivity contribution in [2.24, 2.45) is 0 Å². The minimum absolute atomic E-state index is 0.0158. The third-order valence-corrected chi connectivity index (χ3v) is 3.62. The van der Waals surface area contributed by atoms with Crippen LogP contribution in [0.3, 0.4) is 0 Å². The molecule has 0 saturated carbocycles. The maximum Gasteiger partial charge on any atom is 0.408 e. The lowest BCUT2D eigenvalue weighted by atomic mass is 10.1. The number of pyridine rings is 1. The van der Waals surface area contributed by atoms with Gasteiger partial charge in [-0.05, 0) is 24.1 Å². The van der Waals surface area contributed by atoms with E-state index >= 15 is 0 Å². The average Bonchev–Trinajstić information content (AvgIpc) is 2.55. The van der Waals surface area contributed by atoms with Gasteiger partial charge in [-0.3, -0.25) is 0 Å². The number of nitrogens with zero attached hydrogens (tertiary/aromatic N) is 1. The van der Waals surface area contributed by atoms with Crippen LogP contribution in [0.15, 0.2) is 42.5 Å². The van der Waals surface area contributed by atoms with Gasteiger partial charge >= 0.3 is 12.1 Å². The summed E-state index contributed by atoms with van der Waals surface area (Å²) in [7, 11) is 0. The molecule has 1 heterocycles. The van der Waals surface area contributed by atoms with Gasteiger partial charge in [-0.2, -0.15) is 0 Å². The maximum atomic E-state index is 11.8. The minimum Gasteiger partial charge on any atom is -0.480 e. The highest BCUT2D eigenvalue weighted by Gasteiger charge is 2.22. The van der Waals surface area contributed by atoms with Crippen molar-refractivity contribution < 1.29 is 19.4 Å². The molecule has 0 radical (unpaired) electrons. The zero-order chi connectivity index (χ0) is 17.5. The Morgan fingerprint density at radius 3 is 2.58 bits per heavy atom. The molecule has 7 heteroatoms. The van der Waals surface area contributed by atoms with Gasteiger partial charge in [0.1, 0.15) is 17.8 Å². The number of carboxylic acid groups (broad SMARTS) is 1. The molecule has 0 aliphatic heterocycles. The van der Waals surface area contributed by atoms with E-state index in [0.717, 1.165) is 11.3 Å². The second-order valence-corrected chi connectivity index (χ2v) is 5.56. The van der Waals surface area contributed by atoms with Crippen molar-refractivity contribution in [3.05, 3.63) is 64.4 Å². The molecule has 0 aliphatic carbocycles. The molecule has 1 atom stereocenters.